The first-order valence-corrected chi connectivity index (χ1v) is 11.5. The van der Waals surface area contributed by atoms with Gasteiger partial charge in [-0.25, -0.2) is 0 Å². The van der Waals surface area contributed by atoms with Crippen molar-refractivity contribution in [3.05, 3.63) is 29.8 Å². The summed E-state index contributed by atoms with van der Waals surface area (Å²) in [5.74, 6) is 2.12. The van der Waals surface area contributed by atoms with Gasteiger partial charge in [-0.3, -0.25) is 4.79 Å². The van der Waals surface area contributed by atoms with Gasteiger partial charge in [-0.15, -0.1) is 0 Å². The molecule has 0 aromatic heterocycles. The van der Waals surface area contributed by atoms with E-state index in [2.05, 4.69) is 26.0 Å². The normalized spacial score (nSPS) is 20.0. The molecular weight excluding hydrogens is 332 g/mol. The smallest absolute Gasteiger partial charge is 0.140 e. The molecule has 2 nitrogen and oxygen atoms in total. The number of hydrogen-bond donors (Lipinski definition) is 0. The summed E-state index contributed by atoms with van der Waals surface area (Å²) in [6.07, 6.45) is 15.8. The average Bonchev–Trinajstić information content (AvgIpc) is 2.69. The maximum atomic E-state index is 12.6. The molecule has 27 heavy (non-hydrogen) atoms. The number of hydrogen-bond acceptors (Lipinski definition) is 2. The Morgan fingerprint density at radius 3 is 2.19 bits per heavy atom. The number of unbranched alkanes of at least 4 members (excludes halogenated alkanes) is 7. The zero-order valence-corrected chi connectivity index (χ0v) is 17.7. The minimum absolute atomic E-state index is 0.111. The quantitative estimate of drug-likeness (QED) is 0.336. The molecular formula is C25H40O2. The van der Waals surface area contributed by atoms with Gasteiger partial charge in [0.1, 0.15) is 11.5 Å². The maximum Gasteiger partial charge on any atom is 0.140 e. The van der Waals surface area contributed by atoms with Crippen LogP contribution in [0.15, 0.2) is 24.3 Å². The Morgan fingerprint density at radius 2 is 1.52 bits per heavy atom. The zero-order chi connectivity index (χ0) is 19.3. The van der Waals surface area contributed by atoms with Gasteiger partial charge in [-0.2, -0.15) is 0 Å². The monoisotopic (exact) mass is 372 g/mol. The third kappa shape index (κ3) is 8.07. The van der Waals surface area contributed by atoms with Crippen LogP contribution in [0.5, 0.6) is 5.75 Å². The first kappa shape index (κ1) is 22.0. The molecule has 0 heterocycles. The SMILES string of the molecule is CCCCCCCCCOc1ccc([C@H]2CC[C@H](CCCC)CC2=O)cc1. The van der Waals surface area contributed by atoms with E-state index in [1.807, 2.05) is 12.1 Å². The van der Waals surface area contributed by atoms with E-state index in [0.29, 0.717) is 11.7 Å². The molecule has 2 heteroatoms. The minimum Gasteiger partial charge on any atom is -0.494 e. The summed E-state index contributed by atoms with van der Waals surface area (Å²) in [5, 5.41) is 0. The predicted molar refractivity (Wildman–Crippen MR) is 115 cm³/mol. The minimum atomic E-state index is 0.111. The van der Waals surface area contributed by atoms with Gasteiger partial charge >= 0.3 is 0 Å². The Kier molecular flexibility index (Phi) is 10.6. The van der Waals surface area contributed by atoms with Crippen molar-refractivity contribution in [2.45, 2.75) is 103 Å². The van der Waals surface area contributed by atoms with Crippen LogP contribution >= 0.6 is 0 Å². The molecule has 0 N–H and O–H groups in total. The first-order chi connectivity index (χ1) is 13.2. The second-order valence-corrected chi connectivity index (χ2v) is 8.35. The van der Waals surface area contributed by atoms with Crippen LogP contribution in [0.25, 0.3) is 0 Å². The van der Waals surface area contributed by atoms with E-state index in [1.165, 1.54) is 69.8 Å². The number of rotatable bonds is 13. The highest BCUT2D eigenvalue weighted by Gasteiger charge is 2.29. The lowest BCUT2D eigenvalue weighted by Gasteiger charge is -2.27. The molecule has 1 aromatic carbocycles. The lowest BCUT2D eigenvalue weighted by molar-refractivity contribution is -0.123. The Hall–Kier alpha value is -1.31. The molecule has 152 valence electrons. The second kappa shape index (κ2) is 13.0. The molecule has 0 aliphatic heterocycles. The van der Waals surface area contributed by atoms with Gasteiger partial charge in [-0.1, -0.05) is 83.8 Å². The van der Waals surface area contributed by atoms with Crippen LogP contribution in [0.1, 0.15) is 109 Å². The number of carbonyl (C=O) groups is 1. The first-order valence-electron chi connectivity index (χ1n) is 11.5. The molecule has 0 saturated heterocycles. The molecule has 0 unspecified atom stereocenters. The van der Waals surface area contributed by atoms with Crippen molar-refractivity contribution in [2.75, 3.05) is 6.61 Å². The molecule has 1 aliphatic rings. The maximum absolute atomic E-state index is 12.6. The number of ketones is 1. The number of Topliss-reactive ketones (excluding diaryl/α,β-unsaturated/α-hetero) is 1. The fraction of sp³-hybridized carbons (Fsp3) is 0.720. The fourth-order valence-corrected chi connectivity index (χ4v) is 4.23. The van der Waals surface area contributed by atoms with Gasteiger partial charge in [-0.05, 0) is 42.9 Å². The number of carbonyl (C=O) groups excluding carboxylic acids is 1. The lowest BCUT2D eigenvalue weighted by Crippen LogP contribution is -2.23. The second-order valence-electron chi connectivity index (χ2n) is 8.35. The molecule has 1 fully saturated rings. The van der Waals surface area contributed by atoms with Crippen molar-refractivity contribution < 1.29 is 9.53 Å². The van der Waals surface area contributed by atoms with Crippen molar-refractivity contribution >= 4 is 5.78 Å². The highest BCUT2D eigenvalue weighted by Crippen LogP contribution is 2.35. The summed E-state index contributed by atoms with van der Waals surface area (Å²) in [6.45, 7) is 5.28. The third-order valence-electron chi connectivity index (χ3n) is 6.01. The summed E-state index contributed by atoms with van der Waals surface area (Å²) in [7, 11) is 0. The summed E-state index contributed by atoms with van der Waals surface area (Å²) in [5.41, 5.74) is 1.18. The third-order valence-corrected chi connectivity index (χ3v) is 6.01. The van der Waals surface area contributed by atoms with Crippen LogP contribution in [-0.2, 0) is 4.79 Å². The fourth-order valence-electron chi connectivity index (χ4n) is 4.23. The number of benzene rings is 1. The molecule has 1 aliphatic carbocycles. The molecule has 0 spiro atoms. The predicted octanol–water partition coefficient (Wildman–Crippen LogP) is 7.46. The standard InChI is InChI=1S/C25H40O2/c1-3-5-7-8-9-10-11-19-27-23-16-14-22(15-17-23)24-18-13-21(12-6-4-2)20-25(24)26/h14-17,21,24H,3-13,18-20H2,1-2H3/t21-,24+/m0/s1. The van der Waals surface area contributed by atoms with E-state index in [1.54, 1.807) is 0 Å². The van der Waals surface area contributed by atoms with Crippen LogP contribution in [0.2, 0.25) is 0 Å². The molecule has 2 rings (SSSR count). The van der Waals surface area contributed by atoms with Gasteiger partial charge in [0, 0.05) is 12.3 Å². The molecule has 1 saturated carbocycles. The van der Waals surface area contributed by atoms with E-state index >= 15 is 0 Å². The molecule has 1 aromatic rings. The van der Waals surface area contributed by atoms with Crippen molar-refractivity contribution in [3.8, 4) is 5.75 Å². The van der Waals surface area contributed by atoms with Gasteiger partial charge < -0.3 is 4.74 Å². The summed E-state index contributed by atoms with van der Waals surface area (Å²) >= 11 is 0. The van der Waals surface area contributed by atoms with E-state index in [9.17, 15) is 4.79 Å². The number of ether oxygens (including phenoxy) is 1. The van der Waals surface area contributed by atoms with Crippen LogP contribution in [-0.4, -0.2) is 12.4 Å². The van der Waals surface area contributed by atoms with Crippen LogP contribution < -0.4 is 4.74 Å². The molecule has 0 radical (unpaired) electrons. The average molecular weight is 373 g/mol. The van der Waals surface area contributed by atoms with E-state index in [0.717, 1.165) is 31.6 Å². The van der Waals surface area contributed by atoms with Gasteiger partial charge in [0.15, 0.2) is 0 Å². The summed E-state index contributed by atoms with van der Waals surface area (Å²) < 4.78 is 5.88. The van der Waals surface area contributed by atoms with Gasteiger partial charge in [0.05, 0.1) is 6.61 Å². The summed E-state index contributed by atoms with van der Waals surface area (Å²) in [4.78, 5) is 12.6. The largest absolute Gasteiger partial charge is 0.494 e. The van der Waals surface area contributed by atoms with Crippen molar-refractivity contribution in [2.24, 2.45) is 5.92 Å². The Morgan fingerprint density at radius 1 is 0.852 bits per heavy atom. The van der Waals surface area contributed by atoms with Gasteiger partial charge in [0.25, 0.3) is 0 Å². The van der Waals surface area contributed by atoms with Crippen molar-refractivity contribution in [3.63, 3.8) is 0 Å². The Labute approximate surface area is 167 Å². The Bertz CT molecular complexity index is 520. The van der Waals surface area contributed by atoms with Crippen molar-refractivity contribution in [1.82, 2.24) is 0 Å². The summed E-state index contributed by atoms with van der Waals surface area (Å²) in [6, 6.07) is 8.31. The molecule has 0 amide bonds. The molecule has 0 bridgehead atoms. The van der Waals surface area contributed by atoms with Crippen LogP contribution in [0.4, 0.5) is 0 Å². The Balaban J connectivity index is 1.67. The lowest BCUT2D eigenvalue weighted by atomic mass is 9.76. The van der Waals surface area contributed by atoms with E-state index in [-0.39, 0.29) is 5.92 Å². The van der Waals surface area contributed by atoms with Crippen molar-refractivity contribution in [1.29, 1.82) is 0 Å². The topological polar surface area (TPSA) is 26.3 Å². The van der Waals surface area contributed by atoms with E-state index < -0.39 is 0 Å². The highest BCUT2D eigenvalue weighted by molar-refractivity contribution is 5.86. The van der Waals surface area contributed by atoms with E-state index in [4.69, 9.17) is 4.74 Å². The zero-order valence-electron chi connectivity index (χ0n) is 17.7. The highest BCUT2D eigenvalue weighted by atomic mass is 16.5. The van der Waals surface area contributed by atoms with Crippen LogP contribution in [0.3, 0.4) is 0 Å². The van der Waals surface area contributed by atoms with Gasteiger partial charge in [0.2, 0.25) is 0 Å². The molecule has 2 atom stereocenters. The van der Waals surface area contributed by atoms with Crippen LogP contribution in [0, 0.1) is 5.92 Å².